The van der Waals surface area contributed by atoms with Gasteiger partial charge in [0.25, 0.3) is 0 Å². The van der Waals surface area contributed by atoms with Gasteiger partial charge in [0.2, 0.25) is 0 Å². The fourth-order valence-corrected chi connectivity index (χ4v) is 5.48. The van der Waals surface area contributed by atoms with Crippen molar-refractivity contribution in [2.45, 2.75) is 69.2 Å². The van der Waals surface area contributed by atoms with Gasteiger partial charge in [-0.3, -0.25) is 0 Å². The molecule has 7 aromatic rings. The predicted molar refractivity (Wildman–Crippen MR) is 215 cm³/mol. The van der Waals surface area contributed by atoms with Gasteiger partial charge in [0, 0.05) is 0 Å². The van der Waals surface area contributed by atoms with Gasteiger partial charge >= 0.3 is 0 Å². The van der Waals surface area contributed by atoms with Crippen molar-refractivity contribution in [2.75, 3.05) is 0 Å². The monoisotopic (exact) mass is 630 g/mol. The minimum absolute atomic E-state index is 1.33. The molecule has 7 aromatic carbocycles. The van der Waals surface area contributed by atoms with Gasteiger partial charge in [-0.25, -0.2) is 0 Å². The van der Waals surface area contributed by atoms with E-state index < -0.39 is 0 Å². The number of hydrogen-bond acceptors (Lipinski definition) is 0. The fraction of sp³-hybridized carbons (Fsp3) is 0.208. The lowest BCUT2D eigenvalue weighted by Gasteiger charge is -2.04. The maximum atomic E-state index is 2.18. The standard InChI is InChI=1S/2C12H12.3C8H10/c1-9-5-3-8-12-10(2)6-4-7-11(9)12;1-9-5-3-7-11-8-4-6-10(2)12(9)11;1-7-3-5-8(2)6-4-7;1-7-4-3-5-8(2)6-7;1-7-5-3-4-6-8(7)2/h2*3-8H,1-2H3;3*3-6H,1-2H3. The van der Waals surface area contributed by atoms with E-state index in [1.165, 1.54) is 77.2 Å². The zero-order valence-electron chi connectivity index (χ0n) is 30.9. The highest BCUT2D eigenvalue weighted by Crippen LogP contribution is 2.22. The second-order valence-electron chi connectivity index (χ2n) is 12.9. The van der Waals surface area contributed by atoms with E-state index in [1.54, 1.807) is 0 Å². The molecule has 0 saturated heterocycles. The van der Waals surface area contributed by atoms with Gasteiger partial charge in [0.1, 0.15) is 0 Å². The molecule has 0 N–H and O–H groups in total. The molecule has 0 spiro atoms. The third-order valence-electron chi connectivity index (χ3n) is 8.50. The van der Waals surface area contributed by atoms with Crippen molar-refractivity contribution in [1.29, 1.82) is 0 Å². The van der Waals surface area contributed by atoms with Gasteiger partial charge in [-0.15, -0.1) is 0 Å². The first-order valence-corrected chi connectivity index (χ1v) is 16.9. The summed E-state index contributed by atoms with van der Waals surface area (Å²) in [7, 11) is 0. The molecule has 246 valence electrons. The van der Waals surface area contributed by atoms with Gasteiger partial charge in [-0.1, -0.05) is 168 Å². The van der Waals surface area contributed by atoms with Crippen molar-refractivity contribution in [3.8, 4) is 0 Å². The number of aryl methyl sites for hydroxylation is 10. The molecular weight excluding hydrogens is 577 g/mol. The van der Waals surface area contributed by atoms with Crippen LogP contribution in [0.5, 0.6) is 0 Å². The summed E-state index contributed by atoms with van der Waals surface area (Å²) in [6.45, 7) is 21.3. The number of benzene rings is 7. The van der Waals surface area contributed by atoms with Crippen LogP contribution in [0.2, 0.25) is 0 Å². The molecule has 0 bridgehead atoms. The van der Waals surface area contributed by atoms with Crippen LogP contribution in [0, 0.1) is 69.2 Å². The van der Waals surface area contributed by atoms with Crippen LogP contribution in [0.1, 0.15) is 55.6 Å². The van der Waals surface area contributed by atoms with E-state index in [0.717, 1.165) is 0 Å². The molecule has 0 aliphatic heterocycles. The average Bonchev–Trinajstić information content (AvgIpc) is 3.06. The van der Waals surface area contributed by atoms with E-state index in [4.69, 9.17) is 0 Å². The lowest BCUT2D eigenvalue weighted by molar-refractivity contribution is 1.34. The number of fused-ring (bicyclic) bond motifs is 2. The molecule has 0 aromatic heterocycles. The highest BCUT2D eigenvalue weighted by Gasteiger charge is 1.98. The summed E-state index contributed by atoms with van der Waals surface area (Å²) in [5.41, 5.74) is 13.5. The quantitative estimate of drug-likeness (QED) is 0.156. The Morgan fingerprint density at radius 1 is 0.250 bits per heavy atom. The average molecular weight is 631 g/mol. The first kappa shape index (κ1) is 37.5. The minimum Gasteiger partial charge on any atom is -0.0620 e. The SMILES string of the molecule is Cc1ccc(C)cc1.Cc1cccc(C)c1.Cc1cccc2c(C)cccc12.Cc1cccc2cccc(C)c12.Cc1ccccc1C. The predicted octanol–water partition coefficient (Wildman–Crippen LogP) is 13.8. The van der Waals surface area contributed by atoms with Crippen LogP contribution < -0.4 is 0 Å². The highest BCUT2D eigenvalue weighted by molar-refractivity contribution is 5.89. The van der Waals surface area contributed by atoms with Crippen molar-refractivity contribution in [3.63, 3.8) is 0 Å². The van der Waals surface area contributed by atoms with Gasteiger partial charge < -0.3 is 0 Å². The Labute approximate surface area is 291 Å². The maximum absolute atomic E-state index is 2.18. The van der Waals surface area contributed by atoms with Gasteiger partial charge in [0.15, 0.2) is 0 Å². The Morgan fingerprint density at radius 3 is 0.917 bits per heavy atom. The molecule has 7 rings (SSSR count). The minimum atomic E-state index is 1.33. The van der Waals surface area contributed by atoms with E-state index >= 15 is 0 Å². The molecule has 0 radical (unpaired) electrons. The molecule has 0 saturated carbocycles. The molecule has 0 fully saturated rings. The molecule has 0 aliphatic rings. The van der Waals surface area contributed by atoms with Crippen LogP contribution in [0.25, 0.3) is 21.5 Å². The summed E-state index contributed by atoms with van der Waals surface area (Å²) in [6.07, 6.45) is 0. The zero-order valence-corrected chi connectivity index (χ0v) is 30.9. The Hall–Kier alpha value is -4.94. The maximum Gasteiger partial charge on any atom is -0.0125 e. The van der Waals surface area contributed by atoms with Crippen LogP contribution in [-0.4, -0.2) is 0 Å². The summed E-state index contributed by atoms with van der Waals surface area (Å²) >= 11 is 0. The van der Waals surface area contributed by atoms with Crippen LogP contribution in [-0.2, 0) is 0 Å². The van der Waals surface area contributed by atoms with E-state index in [0.29, 0.717) is 0 Å². The van der Waals surface area contributed by atoms with Crippen LogP contribution >= 0.6 is 0 Å². The Kier molecular flexibility index (Phi) is 14.9. The molecular formula is C48H54. The molecule has 0 aliphatic carbocycles. The highest BCUT2D eigenvalue weighted by atomic mass is 14.0. The number of hydrogen-bond donors (Lipinski definition) is 0. The lowest BCUT2D eigenvalue weighted by atomic mass is 10.0. The summed E-state index contributed by atoms with van der Waals surface area (Å²) in [5.74, 6) is 0. The Bertz CT molecular complexity index is 1870. The van der Waals surface area contributed by atoms with Gasteiger partial charge in [0.05, 0.1) is 0 Å². The Morgan fingerprint density at radius 2 is 0.583 bits per heavy atom. The zero-order chi connectivity index (χ0) is 35.1. The third kappa shape index (κ3) is 12.0. The third-order valence-corrected chi connectivity index (χ3v) is 8.50. The van der Waals surface area contributed by atoms with E-state index in [2.05, 4.69) is 215 Å². The van der Waals surface area contributed by atoms with Crippen LogP contribution in [0.15, 0.2) is 146 Å². The second kappa shape index (κ2) is 19.0. The molecule has 0 amide bonds. The van der Waals surface area contributed by atoms with Crippen molar-refractivity contribution >= 4 is 21.5 Å². The normalized spacial score (nSPS) is 9.88. The van der Waals surface area contributed by atoms with E-state index in [1.807, 2.05) is 0 Å². The Balaban J connectivity index is 0.000000165. The van der Waals surface area contributed by atoms with Gasteiger partial charge in [-0.2, -0.15) is 0 Å². The largest absolute Gasteiger partial charge is 0.0620 e. The smallest absolute Gasteiger partial charge is 0.0125 e. The molecule has 0 atom stereocenters. The molecule has 0 heteroatoms. The molecule has 0 unspecified atom stereocenters. The molecule has 48 heavy (non-hydrogen) atoms. The number of rotatable bonds is 0. The first-order chi connectivity index (χ1) is 23.0. The second-order valence-corrected chi connectivity index (χ2v) is 12.9. The fourth-order valence-electron chi connectivity index (χ4n) is 5.48. The topological polar surface area (TPSA) is 0 Å². The van der Waals surface area contributed by atoms with Crippen LogP contribution in [0.3, 0.4) is 0 Å². The van der Waals surface area contributed by atoms with Crippen LogP contribution in [0.4, 0.5) is 0 Å². The molecule has 0 heterocycles. The van der Waals surface area contributed by atoms with Crippen molar-refractivity contribution in [1.82, 2.24) is 0 Å². The van der Waals surface area contributed by atoms with Crippen molar-refractivity contribution < 1.29 is 0 Å². The van der Waals surface area contributed by atoms with E-state index in [-0.39, 0.29) is 0 Å². The van der Waals surface area contributed by atoms with Crippen molar-refractivity contribution in [3.05, 3.63) is 201 Å². The molecule has 0 nitrogen and oxygen atoms in total. The lowest BCUT2D eigenvalue weighted by Crippen LogP contribution is -1.81. The summed E-state index contributed by atoms with van der Waals surface area (Å²) in [5, 5.41) is 5.49. The van der Waals surface area contributed by atoms with Gasteiger partial charge in [-0.05, 0) is 124 Å². The summed E-state index contributed by atoms with van der Waals surface area (Å²) in [4.78, 5) is 0. The summed E-state index contributed by atoms with van der Waals surface area (Å²) < 4.78 is 0. The van der Waals surface area contributed by atoms with E-state index in [9.17, 15) is 0 Å². The summed E-state index contributed by atoms with van der Waals surface area (Å²) in [6, 6.07) is 51.0. The van der Waals surface area contributed by atoms with Crippen molar-refractivity contribution in [2.24, 2.45) is 0 Å². The first-order valence-electron chi connectivity index (χ1n) is 16.9.